The predicted molar refractivity (Wildman–Crippen MR) is 160 cm³/mol. The van der Waals surface area contributed by atoms with Gasteiger partial charge in [0.1, 0.15) is 11.1 Å². The second kappa shape index (κ2) is 11.1. The van der Waals surface area contributed by atoms with Gasteiger partial charge in [-0.25, -0.2) is 37.7 Å². The van der Waals surface area contributed by atoms with Gasteiger partial charge in [-0.15, -0.1) is 6.58 Å². The Labute approximate surface area is 241 Å². The van der Waals surface area contributed by atoms with E-state index in [1.165, 1.54) is 21.4 Å². The van der Waals surface area contributed by atoms with Gasteiger partial charge in [0.2, 0.25) is 16.0 Å². The Bertz CT molecular complexity index is 1910. The second-order valence-corrected chi connectivity index (χ2v) is 11.7. The molecule has 1 aliphatic rings. The number of anilines is 3. The summed E-state index contributed by atoms with van der Waals surface area (Å²) < 4.78 is 28.3. The van der Waals surface area contributed by atoms with Gasteiger partial charge in [0.25, 0.3) is 5.56 Å². The van der Waals surface area contributed by atoms with Crippen LogP contribution in [0.3, 0.4) is 0 Å². The number of pyridine rings is 1. The van der Waals surface area contributed by atoms with Gasteiger partial charge < -0.3 is 10.2 Å². The SMILES string of the molecule is C=CCn1c(=O)c2cnc(Nc3ccc(N4CCN(S(C)(=O)=O)CC4)cc3)nc2n1-c1cccc(-c2ncccn2)n1. The molecule has 214 valence electrons. The number of rotatable bonds is 8. The molecule has 0 unspecified atom stereocenters. The standard InChI is InChI=1S/C28H28N10O3S/c1-3-14-37-27(39)22-19-31-28(32-20-8-10-21(11-9-20)35-15-17-36(18-16-35)42(2,40)41)34-26(22)38(37)24-7-4-6-23(33-24)25-29-12-5-13-30-25/h3-13,19H,1,14-18H2,2H3,(H,31,32,34). The molecular weight excluding hydrogens is 556 g/mol. The highest BCUT2D eigenvalue weighted by Gasteiger charge is 2.23. The zero-order chi connectivity index (χ0) is 29.3. The summed E-state index contributed by atoms with van der Waals surface area (Å²) >= 11 is 0. The molecule has 0 amide bonds. The first-order valence-electron chi connectivity index (χ1n) is 13.2. The maximum absolute atomic E-state index is 13.3. The van der Waals surface area contributed by atoms with Crippen LogP contribution in [0.5, 0.6) is 0 Å². The summed E-state index contributed by atoms with van der Waals surface area (Å²) in [5.74, 6) is 1.24. The summed E-state index contributed by atoms with van der Waals surface area (Å²) in [6, 6.07) is 14.9. The van der Waals surface area contributed by atoms with Crippen LogP contribution in [-0.4, -0.2) is 79.4 Å². The lowest BCUT2D eigenvalue weighted by molar-refractivity contribution is 0.388. The van der Waals surface area contributed by atoms with Gasteiger partial charge in [-0.1, -0.05) is 12.1 Å². The molecule has 0 saturated carbocycles. The lowest BCUT2D eigenvalue weighted by Gasteiger charge is -2.34. The summed E-state index contributed by atoms with van der Waals surface area (Å²) in [5.41, 5.74) is 2.43. The number of allylic oxidation sites excluding steroid dienone is 1. The molecule has 14 heteroatoms. The summed E-state index contributed by atoms with van der Waals surface area (Å²) in [7, 11) is -3.18. The van der Waals surface area contributed by atoms with E-state index >= 15 is 0 Å². The molecule has 0 radical (unpaired) electrons. The van der Waals surface area contributed by atoms with Gasteiger partial charge >= 0.3 is 0 Å². The number of hydrogen-bond acceptors (Lipinski definition) is 10. The van der Waals surface area contributed by atoms with E-state index in [9.17, 15) is 13.2 Å². The molecule has 0 atom stereocenters. The lowest BCUT2D eigenvalue weighted by Crippen LogP contribution is -2.48. The quantitative estimate of drug-likeness (QED) is 0.270. The Balaban J connectivity index is 1.29. The molecule has 1 N–H and O–H groups in total. The molecule has 1 saturated heterocycles. The lowest BCUT2D eigenvalue weighted by atomic mass is 10.2. The average molecular weight is 585 g/mol. The number of hydrogen-bond donors (Lipinski definition) is 1. The number of aromatic nitrogens is 7. The van der Waals surface area contributed by atoms with Crippen LogP contribution in [0.15, 0.2) is 84.6 Å². The molecule has 1 aromatic carbocycles. The van der Waals surface area contributed by atoms with Crippen molar-refractivity contribution < 1.29 is 8.42 Å². The van der Waals surface area contributed by atoms with Crippen molar-refractivity contribution in [3.63, 3.8) is 0 Å². The van der Waals surface area contributed by atoms with Crippen LogP contribution in [-0.2, 0) is 16.6 Å². The first kappa shape index (κ1) is 27.2. The fourth-order valence-corrected chi connectivity index (χ4v) is 5.69. The molecule has 13 nitrogen and oxygen atoms in total. The summed E-state index contributed by atoms with van der Waals surface area (Å²) in [5, 5.41) is 3.56. The van der Waals surface area contributed by atoms with Crippen molar-refractivity contribution >= 4 is 38.4 Å². The van der Waals surface area contributed by atoms with Crippen LogP contribution in [0.2, 0.25) is 0 Å². The third kappa shape index (κ3) is 5.36. The van der Waals surface area contributed by atoms with Gasteiger partial charge in [0, 0.05) is 56.1 Å². The van der Waals surface area contributed by atoms with Crippen molar-refractivity contribution in [1.29, 1.82) is 0 Å². The van der Waals surface area contributed by atoms with Gasteiger partial charge in [-0.3, -0.25) is 4.79 Å². The third-order valence-corrected chi connectivity index (χ3v) is 8.22. The van der Waals surface area contributed by atoms with E-state index < -0.39 is 10.0 Å². The first-order valence-corrected chi connectivity index (χ1v) is 15.1. The predicted octanol–water partition coefficient (Wildman–Crippen LogP) is 2.45. The molecule has 5 aromatic rings. The van der Waals surface area contributed by atoms with E-state index in [2.05, 4.69) is 31.7 Å². The van der Waals surface area contributed by atoms with Gasteiger partial charge in [0.15, 0.2) is 17.3 Å². The van der Waals surface area contributed by atoms with Gasteiger partial charge in [0.05, 0.1) is 12.8 Å². The Morgan fingerprint density at radius 1 is 0.952 bits per heavy atom. The number of nitrogens with zero attached hydrogens (tertiary/aromatic N) is 9. The number of piperazine rings is 1. The molecule has 1 fully saturated rings. The molecular formula is C28H28N10O3S. The van der Waals surface area contributed by atoms with Crippen molar-refractivity contribution in [1.82, 2.24) is 38.6 Å². The Morgan fingerprint density at radius 2 is 1.69 bits per heavy atom. The number of sulfonamides is 1. The minimum absolute atomic E-state index is 0.242. The first-order chi connectivity index (χ1) is 20.3. The Hall–Kier alpha value is -4.95. The van der Waals surface area contributed by atoms with Crippen LogP contribution in [0.25, 0.3) is 28.4 Å². The summed E-state index contributed by atoms with van der Waals surface area (Å²) in [6.45, 7) is 6.18. The Kier molecular flexibility index (Phi) is 7.22. The molecule has 4 aromatic heterocycles. The maximum Gasteiger partial charge on any atom is 0.278 e. The van der Waals surface area contributed by atoms with Gasteiger partial charge in [-0.05, 0) is 42.5 Å². The van der Waals surface area contributed by atoms with E-state index in [0.717, 1.165) is 11.4 Å². The minimum atomic E-state index is -3.18. The smallest absolute Gasteiger partial charge is 0.278 e. The van der Waals surface area contributed by atoms with Crippen LogP contribution >= 0.6 is 0 Å². The molecule has 5 heterocycles. The largest absolute Gasteiger partial charge is 0.369 e. The van der Waals surface area contributed by atoms with E-state index in [0.29, 0.717) is 60.5 Å². The number of benzene rings is 1. The van der Waals surface area contributed by atoms with Crippen LogP contribution in [0, 0.1) is 0 Å². The topological polar surface area (TPSA) is 144 Å². The van der Waals surface area contributed by atoms with Crippen LogP contribution < -0.4 is 15.8 Å². The van der Waals surface area contributed by atoms with E-state index in [-0.39, 0.29) is 12.1 Å². The Morgan fingerprint density at radius 3 is 2.38 bits per heavy atom. The average Bonchev–Trinajstić information content (AvgIpc) is 3.28. The highest BCUT2D eigenvalue weighted by atomic mass is 32.2. The number of nitrogens with one attached hydrogen (secondary N) is 1. The molecule has 42 heavy (non-hydrogen) atoms. The van der Waals surface area contributed by atoms with Crippen molar-refractivity contribution in [3.8, 4) is 17.3 Å². The zero-order valence-corrected chi connectivity index (χ0v) is 23.6. The molecule has 0 spiro atoms. The summed E-state index contributed by atoms with van der Waals surface area (Å²) in [6.07, 6.45) is 7.67. The zero-order valence-electron chi connectivity index (χ0n) is 22.8. The number of fused-ring (bicyclic) bond motifs is 1. The molecule has 1 aliphatic heterocycles. The van der Waals surface area contributed by atoms with Crippen molar-refractivity contribution in [3.05, 3.63) is 90.1 Å². The van der Waals surface area contributed by atoms with E-state index in [1.807, 2.05) is 30.3 Å². The van der Waals surface area contributed by atoms with E-state index in [1.54, 1.807) is 41.4 Å². The molecule has 0 bridgehead atoms. The van der Waals surface area contributed by atoms with Crippen LogP contribution in [0.4, 0.5) is 17.3 Å². The summed E-state index contributed by atoms with van der Waals surface area (Å²) in [4.78, 5) is 37.8. The second-order valence-electron chi connectivity index (χ2n) is 9.69. The fourth-order valence-electron chi connectivity index (χ4n) is 4.87. The monoisotopic (exact) mass is 584 g/mol. The van der Waals surface area contributed by atoms with Crippen molar-refractivity contribution in [2.24, 2.45) is 0 Å². The molecule has 6 rings (SSSR count). The normalized spacial score (nSPS) is 14.3. The van der Waals surface area contributed by atoms with Crippen molar-refractivity contribution in [2.75, 3.05) is 42.7 Å². The maximum atomic E-state index is 13.3. The minimum Gasteiger partial charge on any atom is -0.369 e. The highest BCUT2D eigenvalue weighted by molar-refractivity contribution is 7.88. The third-order valence-electron chi connectivity index (χ3n) is 6.92. The van der Waals surface area contributed by atoms with Gasteiger partial charge in [-0.2, -0.15) is 9.29 Å². The van der Waals surface area contributed by atoms with E-state index in [4.69, 9.17) is 9.97 Å². The molecule has 0 aliphatic carbocycles. The fraction of sp³-hybridized carbons (Fsp3) is 0.214. The van der Waals surface area contributed by atoms with Crippen molar-refractivity contribution in [2.45, 2.75) is 6.54 Å². The highest BCUT2D eigenvalue weighted by Crippen LogP contribution is 2.23. The van der Waals surface area contributed by atoms with Crippen LogP contribution in [0.1, 0.15) is 0 Å².